The zero-order valence-electron chi connectivity index (χ0n) is 3.74. The summed E-state index contributed by atoms with van der Waals surface area (Å²) in [6, 6.07) is 0. The van der Waals surface area contributed by atoms with Crippen LogP contribution in [0.4, 0.5) is 0 Å². The van der Waals surface area contributed by atoms with Crippen molar-refractivity contribution in [3.8, 4) is 0 Å². The van der Waals surface area contributed by atoms with Crippen molar-refractivity contribution in [1.29, 1.82) is 0 Å². The Morgan fingerprint density at radius 2 is 1.86 bits per heavy atom. The molecule has 1 aliphatic carbocycles. The summed E-state index contributed by atoms with van der Waals surface area (Å²) in [5.41, 5.74) is 0. The molecule has 0 unspecified atom stereocenters. The normalized spacial score (nSPS) is 19.0. The number of hydrogen-bond acceptors (Lipinski definition) is 2. The third kappa shape index (κ3) is 0.885. The Labute approximate surface area is 41.7 Å². The summed E-state index contributed by atoms with van der Waals surface area (Å²) in [4.78, 5) is 3.94. The highest BCUT2D eigenvalue weighted by molar-refractivity contribution is 5.18. The highest BCUT2D eigenvalue weighted by Gasteiger charge is 1.99. The van der Waals surface area contributed by atoms with E-state index in [0.29, 0.717) is 0 Å². The van der Waals surface area contributed by atoms with Crippen LogP contribution in [0.5, 0.6) is 0 Å². The van der Waals surface area contributed by atoms with Crippen LogP contribution in [-0.4, -0.2) is 11.4 Å². The molecule has 1 rings (SSSR count). The highest BCUT2D eigenvalue weighted by Crippen LogP contribution is 2.00. The summed E-state index contributed by atoms with van der Waals surface area (Å²) < 4.78 is 0. The third-order valence-electron chi connectivity index (χ3n) is 0.834. The summed E-state index contributed by atoms with van der Waals surface area (Å²) in [6.07, 6.45) is 6.93. The first kappa shape index (κ1) is 4.56. The first-order chi connectivity index (χ1) is 3.43. The van der Waals surface area contributed by atoms with Gasteiger partial charge in [0.25, 0.3) is 0 Å². The first-order valence-corrected chi connectivity index (χ1v) is 2.08. The van der Waals surface area contributed by atoms with Crippen molar-refractivity contribution in [2.24, 2.45) is 0 Å². The predicted molar refractivity (Wildman–Crippen MR) is 25.8 cm³/mol. The molecule has 1 aliphatic rings. The average molecular weight is 98.1 g/mol. The van der Waals surface area contributed by atoms with Crippen molar-refractivity contribution in [3.63, 3.8) is 0 Å². The summed E-state index contributed by atoms with van der Waals surface area (Å²) >= 11 is 0. The maximum absolute atomic E-state index is 7.96. The quantitative estimate of drug-likeness (QED) is 0.391. The fourth-order valence-corrected chi connectivity index (χ4v) is 0.482. The molecule has 38 valence electrons. The van der Waals surface area contributed by atoms with E-state index in [-0.39, 0.29) is 6.10 Å². The van der Waals surface area contributed by atoms with E-state index in [4.69, 9.17) is 5.26 Å². The molecule has 0 spiro atoms. The van der Waals surface area contributed by atoms with E-state index in [9.17, 15) is 0 Å². The lowest BCUT2D eigenvalue weighted by molar-refractivity contribution is -0.253. The first-order valence-electron chi connectivity index (χ1n) is 2.08. The second-order valence-electron chi connectivity index (χ2n) is 1.34. The molecule has 0 aromatic carbocycles. The van der Waals surface area contributed by atoms with Gasteiger partial charge in [0.2, 0.25) is 0 Å². The largest absolute Gasteiger partial charge is 0.251 e. The highest BCUT2D eigenvalue weighted by atomic mass is 17.1. The van der Waals surface area contributed by atoms with Gasteiger partial charge in [-0.3, -0.25) is 5.26 Å². The molecule has 2 heteroatoms. The molecule has 0 fully saturated rings. The van der Waals surface area contributed by atoms with Crippen LogP contribution in [0.15, 0.2) is 24.3 Å². The minimum absolute atomic E-state index is 0.208. The van der Waals surface area contributed by atoms with Gasteiger partial charge in [-0.05, 0) is 12.2 Å². The van der Waals surface area contributed by atoms with Crippen LogP contribution in [0.2, 0.25) is 0 Å². The van der Waals surface area contributed by atoms with Crippen LogP contribution in [0, 0.1) is 0 Å². The summed E-state index contributed by atoms with van der Waals surface area (Å²) in [6.45, 7) is 0. The molecule has 0 saturated carbocycles. The van der Waals surface area contributed by atoms with Crippen molar-refractivity contribution < 1.29 is 10.1 Å². The molecule has 0 heterocycles. The van der Waals surface area contributed by atoms with Gasteiger partial charge in [-0.2, -0.15) is 0 Å². The van der Waals surface area contributed by atoms with Crippen molar-refractivity contribution >= 4 is 0 Å². The van der Waals surface area contributed by atoms with Gasteiger partial charge in [-0.15, -0.1) is 0 Å². The molecule has 0 aromatic heterocycles. The number of allylic oxidation sites excluding steroid dienone is 2. The second-order valence-corrected chi connectivity index (χ2v) is 1.34. The Kier molecular flexibility index (Phi) is 1.24. The van der Waals surface area contributed by atoms with Crippen LogP contribution in [0.3, 0.4) is 0 Å². The maximum atomic E-state index is 7.96. The van der Waals surface area contributed by atoms with Crippen molar-refractivity contribution in [3.05, 3.63) is 24.3 Å². The summed E-state index contributed by atoms with van der Waals surface area (Å²) in [5.74, 6) is 0. The average Bonchev–Trinajstić information content (AvgIpc) is 2.14. The molecule has 1 N–H and O–H groups in total. The summed E-state index contributed by atoms with van der Waals surface area (Å²) in [5, 5.41) is 7.96. The molecular weight excluding hydrogens is 92.1 g/mol. The van der Waals surface area contributed by atoms with E-state index in [0.717, 1.165) is 0 Å². The van der Waals surface area contributed by atoms with Crippen LogP contribution < -0.4 is 0 Å². The smallest absolute Gasteiger partial charge is 0.130 e. The van der Waals surface area contributed by atoms with E-state index in [1.54, 1.807) is 12.2 Å². The molecule has 0 atom stereocenters. The van der Waals surface area contributed by atoms with Gasteiger partial charge in [0.05, 0.1) is 0 Å². The molecule has 2 nitrogen and oxygen atoms in total. The Bertz CT molecular complexity index is 92.6. The zero-order chi connectivity index (χ0) is 5.11. The maximum Gasteiger partial charge on any atom is 0.130 e. The van der Waals surface area contributed by atoms with Crippen molar-refractivity contribution in [2.45, 2.75) is 6.10 Å². The molecule has 0 aliphatic heterocycles. The topological polar surface area (TPSA) is 29.5 Å². The molecule has 0 bridgehead atoms. The second kappa shape index (κ2) is 1.91. The lowest BCUT2D eigenvalue weighted by atomic mass is 10.4. The minimum atomic E-state index is -0.208. The third-order valence-corrected chi connectivity index (χ3v) is 0.834. The Hall–Kier alpha value is -0.600. The van der Waals surface area contributed by atoms with E-state index >= 15 is 0 Å². The van der Waals surface area contributed by atoms with Gasteiger partial charge >= 0.3 is 0 Å². The molecule has 0 saturated heterocycles. The van der Waals surface area contributed by atoms with Gasteiger partial charge in [-0.1, -0.05) is 12.2 Å². The van der Waals surface area contributed by atoms with Crippen molar-refractivity contribution in [2.75, 3.05) is 0 Å². The monoisotopic (exact) mass is 98.0 g/mol. The van der Waals surface area contributed by atoms with E-state index in [1.807, 2.05) is 12.2 Å². The van der Waals surface area contributed by atoms with Gasteiger partial charge in [0, 0.05) is 0 Å². The Balaban J connectivity index is 2.44. The Morgan fingerprint density at radius 1 is 1.29 bits per heavy atom. The molecular formula is C5H6O2. The van der Waals surface area contributed by atoms with Gasteiger partial charge in [0.1, 0.15) is 6.10 Å². The fourth-order valence-electron chi connectivity index (χ4n) is 0.482. The number of hydrogen-bond donors (Lipinski definition) is 1. The van der Waals surface area contributed by atoms with E-state index in [1.165, 1.54) is 0 Å². The van der Waals surface area contributed by atoms with Crippen molar-refractivity contribution in [1.82, 2.24) is 0 Å². The fraction of sp³-hybridized carbons (Fsp3) is 0.200. The van der Waals surface area contributed by atoms with E-state index in [2.05, 4.69) is 4.89 Å². The lowest BCUT2D eigenvalue weighted by Gasteiger charge is -1.93. The number of rotatable bonds is 1. The Morgan fingerprint density at radius 3 is 2.14 bits per heavy atom. The SMILES string of the molecule is OOC1C=CC=C1. The van der Waals surface area contributed by atoms with Crippen LogP contribution in [0.25, 0.3) is 0 Å². The van der Waals surface area contributed by atoms with Gasteiger partial charge in [-0.25, -0.2) is 4.89 Å². The molecule has 0 radical (unpaired) electrons. The molecule has 7 heavy (non-hydrogen) atoms. The standard InChI is InChI=1S/C5H6O2/c6-7-5-3-1-2-4-5/h1-6H. The molecule has 0 aromatic rings. The van der Waals surface area contributed by atoms with Gasteiger partial charge in [0.15, 0.2) is 0 Å². The summed E-state index contributed by atoms with van der Waals surface area (Å²) in [7, 11) is 0. The van der Waals surface area contributed by atoms with E-state index < -0.39 is 0 Å². The molecule has 0 amide bonds. The van der Waals surface area contributed by atoms with Gasteiger partial charge < -0.3 is 0 Å². The minimum Gasteiger partial charge on any atom is -0.251 e. The zero-order valence-corrected chi connectivity index (χ0v) is 3.74. The lowest BCUT2D eigenvalue weighted by Crippen LogP contribution is -1.98. The predicted octanol–water partition coefficient (Wildman–Crippen LogP) is 0.971. The van der Waals surface area contributed by atoms with Crippen LogP contribution in [-0.2, 0) is 4.89 Å². The van der Waals surface area contributed by atoms with Crippen LogP contribution >= 0.6 is 0 Å². The van der Waals surface area contributed by atoms with Crippen LogP contribution in [0.1, 0.15) is 0 Å².